The predicted molar refractivity (Wildman–Crippen MR) is 236 cm³/mol. The van der Waals surface area contributed by atoms with Gasteiger partial charge in [-0.25, -0.2) is 0 Å². The lowest BCUT2D eigenvalue weighted by molar-refractivity contribution is -0.130. The van der Waals surface area contributed by atoms with Crippen molar-refractivity contribution < 1.29 is 14.4 Å². The van der Waals surface area contributed by atoms with E-state index < -0.39 is 0 Å². The maximum atomic E-state index is 11.6. The number of fused-ring (bicyclic) bond motifs is 4. The van der Waals surface area contributed by atoms with Crippen LogP contribution in [0.3, 0.4) is 0 Å². The second kappa shape index (κ2) is 20.3. The van der Waals surface area contributed by atoms with E-state index in [9.17, 15) is 14.4 Å². The third-order valence-electron chi connectivity index (χ3n) is 15.2. The lowest BCUT2D eigenvalue weighted by Crippen LogP contribution is -2.46. The molecule has 4 aliphatic heterocycles. The Labute approximate surface area is 350 Å². The minimum Gasteiger partial charge on any atom is -0.350 e. The van der Waals surface area contributed by atoms with Crippen molar-refractivity contribution in [3.8, 4) is 0 Å². The Balaban J connectivity index is 0.000000193. The third kappa shape index (κ3) is 10.7. The van der Waals surface area contributed by atoms with Crippen LogP contribution >= 0.6 is 0 Å². The number of carbonyl (C=O) groups is 3. The topological polar surface area (TPSA) is 97.0 Å². The van der Waals surface area contributed by atoms with E-state index in [2.05, 4.69) is 74.3 Å². The van der Waals surface area contributed by atoms with Crippen LogP contribution in [0.5, 0.6) is 0 Å². The molecule has 0 unspecified atom stereocenters. The molecule has 8 rings (SSSR count). The molecule has 6 aliphatic rings. The van der Waals surface area contributed by atoms with Gasteiger partial charge in [0.1, 0.15) is 0 Å². The average Bonchev–Trinajstić information content (AvgIpc) is 3.23. The van der Waals surface area contributed by atoms with Crippen LogP contribution in [0.1, 0.15) is 152 Å². The van der Waals surface area contributed by atoms with Crippen molar-refractivity contribution in [2.75, 3.05) is 65.4 Å². The molecule has 0 aromatic heterocycles. The molecule has 2 aromatic carbocycles. The van der Waals surface area contributed by atoms with Crippen LogP contribution in [0.25, 0.3) is 0 Å². The maximum Gasteiger partial charge on any atom is 0.219 e. The number of nitrogens with zero attached hydrogens (tertiary/aromatic N) is 3. The lowest BCUT2D eigenvalue weighted by Gasteiger charge is -2.47. The number of hydrogen-bond donors (Lipinski definition) is 3. The molecule has 4 heterocycles. The fraction of sp³-hybridized carbons (Fsp3) is 0.694. The van der Waals surface area contributed by atoms with Crippen LogP contribution in [0, 0.1) is 11.8 Å². The minimum atomic E-state index is 0. The molecule has 2 aliphatic carbocycles. The summed E-state index contributed by atoms with van der Waals surface area (Å²) in [5, 5.41) is 9.81. The van der Waals surface area contributed by atoms with Gasteiger partial charge in [0.25, 0.3) is 0 Å². The first-order valence-corrected chi connectivity index (χ1v) is 22.8. The van der Waals surface area contributed by atoms with E-state index in [0.29, 0.717) is 5.41 Å². The average molecular weight is 797 g/mol. The zero-order chi connectivity index (χ0) is 39.8. The first-order chi connectivity index (χ1) is 27.6. The molecular weight excluding hydrogens is 721 g/mol. The SMILES string of the molecule is C.CC(=O)N[C@H]1CCC2(CCN(CCC3CCN(C(C)=O)CC3)CC2)c2ccccc21.CC(=O)N[C@H]1CCC2(CCN(CCC3CCNCC3)CC2)c2ccccc21. The highest BCUT2D eigenvalue weighted by molar-refractivity contribution is 5.74. The highest BCUT2D eigenvalue weighted by Crippen LogP contribution is 2.49. The fourth-order valence-corrected chi connectivity index (χ4v) is 11.7. The number of hydrogen-bond acceptors (Lipinski definition) is 6. The van der Waals surface area contributed by atoms with Crippen LogP contribution in [0.15, 0.2) is 48.5 Å². The summed E-state index contributed by atoms with van der Waals surface area (Å²) in [6.07, 6.45) is 17.2. The Morgan fingerprint density at radius 1 is 0.586 bits per heavy atom. The number of benzene rings is 2. The number of amides is 3. The van der Waals surface area contributed by atoms with Crippen molar-refractivity contribution in [3.05, 3.63) is 70.8 Å². The fourth-order valence-electron chi connectivity index (χ4n) is 11.7. The van der Waals surface area contributed by atoms with E-state index in [0.717, 1.165) is 50.6 Å². The largest absolute Gasteiger partial charge is 0.350 e. The van der Waals surface area contributed by atoms with E-state index in [1.807, 2.05) is 4.90 Å². The molecule has 3 N–H and O–H groups in total. The van der Waals surface area contributed by atoms with Crippen LogP contribution < -0.4 is 16.0 Å². The van der Waals surface area contributed by atoms with Gasteiger partial charge in [0.15, 0.2) is 0 Å². The standard InChI is InChI=1S/C25H37N3O2.C23H35N3O.CH4/c1-19(29)26-24-7-11-25(23-6-4-3-5-22(23)24)12-17-27(18-13-25)14-8-21-9-15-28(16-10-21)20(2)30;1-18(27)25-22-6-10-23(21-5-3-2-4-20(21)22)11-16-26(17-12-23)15-9-19-7-13-24-14-8-19;/h3-6,21,24H,7-18H2,1-2H3,(H,26,29);2-5,19,22,24H,6-17H2,1H3,(H,25,27);1H4/t24-;22-;/m00./s1. The van der Waals surface area contributed by atoms with Gasteiger partial charge < -0.3 is 30.7 Å². The summed E-state index contributed by atoms with van der Waals surface area (Å²) in [4.78, 5) is 42.1. The summed E-state index contributed by atoms with van der Waals surface area (Å²) < 4.78 is 0. The normalized spacial score (nSPS) is 24.7. The minimum absolute atomic E-state index is 0. The van der Waals surface area contributed by atoms with Crippen LogP contribution in [-0.4, -0.2) is 97.9 Å². The van der Waals surface area contributed by atoms with Gasteiger partial charge in [-0.15, -0.1) is 0 Å². The van der Waals surface area contributed by atoms with Gasteiger partial charge in [0, 0.05) is 33.9 Å². The summed E-state index contributed by atoms with van der Waals surface area (Å²) >= 11 is 0. The van der Waals surface area contributed by atoms with E-state index in [-0.39, 0.29) is 42.6 Å². The highest BCUT2D eigenvalue weighted by atomic mass is 16.2. The van der Waals surface area contributed by atoms with E-state index in [4.69, 9.17) is 0 Å². The van der Waals surface area contributed by atoms with Crippen molar-refractivity contribution in [2.24, 2.45) is 11.8 Å². The van der Waals surface area contributed by atoms with E-state index in [1.165, 1.54) is 139 Å². The zero-order valence-corrected chi connectivity index (χ0v) is 35.5. The summed E-state index contributed by atoms with van der Waals surface area (Å²) in [7, 11) is 0. The molecule has 2 atom stereocenters. The van der Waals surface area contributed by atoms with Crippen molar-refractivity contribution >= 4 is 17.7 Å². The summed E-state index contributed by atoms with van der Waals surface area (Å²) in [6, 6.07) is 18.0. The molecule has 4 fully saturated rings. The molecule has 2 aromatic rings. The number of rotatable bonds is 8. The van der Waals surface area contributed by atoms with Gasteiger partial charge in [0.2, 0.25) is 17.7 Å². The Kier molecular flexibility index (Phi) is 15.5. The van der Waals surface area contributed by atoms with Crippen molar-refractivity contribution in [3.63, 3.8) is 0 Å². The van der Waals surface area contributed by atoms with Crippen molar-refractivity contribution in [1.29, 1.82) is 0 Å². The first-order valence-electron chi connectivity index (χ1n) is 22.8. The van der Waals surface area contributed by atoms with Gasteiger partial charge in [-0.1, -0.05) is 56.0 Å². The molecule has 9 heteroatoms. The molecule has 3 amide bonds. The molecular formula is C49H76N6O3. The number of carbonyl (C=O) groups excluding carboxylic acids is 3. The van der Waals surface area contributed by atoms with Crippen molar-refractivity contribution in [1.82, 2.24) is 30.7 Å². The first kappa shape index (κ1) is 44.3. The van der Waals surface area contributed by atoms with Gasteiger partial charge >= 0.3 is 0 Å². The van der Waals surface area contributed by atoms with Gasteiger partial charge in [-0.05, 0) is 187 Å². The summed E-state index contributed by atoms with van der Waals surface area (Å²) in [5.74, 6) is 2.07. The molecule has 0 bridgehead atoms. The second-order valence-electron chi connectivity index (χ2n) is 18.7. The third-order valence-corrected chi connectivity index (χ3v) is 15.2. The molecule has 9 nitrogen and oxygen atoms in total. The molecule has 320 valence electrons. The van der Waals surface area contributed by atoms with Gasteiger partial charge in [-0.3, -0.25) is 14.4 Å². The van der Waals surface area contributed by atoms with Gasteiger partial charge in [-0.2, -0.15) is 0 Å². The second-order valence-corrected chi connectivity index (χ2v) is 18.7. The molecule has 0 saturated carbocycles. The van der Waals surface area contributed by atoms with Gasteiger partial charge in [0.05, 0.1) is 12.1 Å². The quantitative estimate of drug-likeness (QED) is 0.254. The monoisotopic (exact) mass is 797 g/mol. The van der Waals surface area contributed by atoms with Crippen LogP contribution in [0.2, 0.25) is 0 Å². The zero-order valence-electron chi connectivity index (χ0n) is 35.5. The van der Waals surface area contributed by atoms with Crippen LogP contribution in [0.4, 0.5) is 0 Å². The maximum absolute atomic E-state index is 11.6. The summed E-state index contributed by atoms with van der Waals surface area (Å²) in [5.41, 5.74) is 6.30. The molecule has 4 saturated heterocycles. The smallest absolute Gasteiger partial charge is 0.219 e. The molecule has 58 heavy (non-hydrogen) atoms. The molecule has 2 spiro atoms. The number of nitrogens with one attached hydrogen (secondary N) is 3. The Hall–Kier alpha value is -3.27. The Bertz CT molecular complexity index is 1650. The highest BCUT2D eigenvalue weighted by Gasteiger charge is 2.43. The Morgan fingerprint density at radius 2 is 1.00 bits per heavy atom. The Morgan fingerprint density at radius 3 is 1.41 bits per heavy atom. The summed E-state index contributed by atoms with van der Waals surface area (Å²) in [6.45, 7) is 16.5. The predicted octanol–water partition coefficient (Wildman–Crippen LogP) is 7.66. The number of piperidine rings is 4. The number of likely N-dealkylation sites (tertiary alicyclic amines) is 3. The molecule has 0 radical (unpaired) electrons. The lowest BCUT2D eigenvalue weighted by atomic mass is 9.63. The van der Waals surface area contributed by atoms with Crippen LogP contribution in [-0.2, 0) is 25.2 Å². The van der Waals surface area contributed by atoms with E-state index in [1.54, 1.807) is 20.8 Å². The van der Waals surface area contributed by atoms with Crippen molar-refractivity contribution in [2.45, 2.75) is 141 Å². The van der Waals surface area contributed by atoms with E-state index >= 15 is 0 Å².